The fraction of sp³-hybridized carbons (Fsp3) is 0.364. The molecule has 0 atom stereocenters. The van der Waals surface area contributed by atoms with Gasteiger partial charge in [0.05, 0.1) is 13.2 Å². The number of rotatable bonds is 5. The molecule has 0 aliphatic rings. The Hall–Kier alpha value is -1.95. The Morgan fingerprint density at radius 1 is 1.35 bits per heavy atom. The van der Waals surface area contributed by atoms with E-state index in [0.29, 0.717) is 12.4 Å². The molecule has 17 heavy (non-hydrogen) atoms. The summed E-state index contributed by atoms with van der Waals surface area (Å²) in [6, 6.07) is 7.63. The molecule has 1 aromatic heterocycles. The monoisotopic (exact) mass is 233 g/mol. The van der Waals surface area contributed by atoms with E-state index in [4.69, 9.17) is 10.5 Å². The molecule has 1 aromatic carbocycles. The highest BCUT2D eigenvalue weighted by molar-refractivity contribution is 5.46. The van der Waals surface area contributed by atoms with Gasteiger partial charge in [-0.1, -0.05) is 19.1 Å². The van der Waals surface area contributed by atoms with E-state index in [1.54, 1.807) is 4.68 Å². The van der Waals surface area contributed by atoms with E-state index in [2.05, 4.69) is 22.4 Å². The Kier molecular flexibility index (Phi) is 3.66. The van der Waals surface area contributed by atoms with Crippen molar-refractivity contribution in [1.82, 2.24) is 20.2 Å². The summed E-state index contributed by atoms with van der Waals surface area (Å²) >= 11 is 0. The molecule has 90 valence electrons. The highest BCUT2D eigenvalue weighted by Crippen LogP contribution is 2.22. The lowest BCUT2D eigenvalue weighted by Crippen LogP contribution is -2.09. The molecule has 0 aliphatic heterocycles. The predicted octanol–water partition coefficient (Wildman–Crippen LogP) is 0.910. The van der Waals surface area contributed by atoms with E-state index in [0.717, 1.165) is 17.9 Å². The average Bonchev–Trinajstić information content (AvgIpc) is 2.84. The van der Waals surface area contributed by atoms with Crippen LogP contribution < -0.4 is 10.5 Å². The molecule has 2 aromatic rings. The summed E-state index contributed by atoms with van der Waals surface area (Å²) in [5.41, 5.74) is 6.39. The molecule has 0 saturated heterocycles. The minimum absolute atomic E-state index is 0.287. The molecule has 2 N–H and O–H groups in total. The molecule has 0 aliphatic carbocycles. The van der Waals surface area contributed by atoms with Gasteiger partial charge in [0.15, 0.2) is 5.82 Å². The lowest BCUT2D eigenvalue weighted by molar-refractivity contribution is 0.315. The van der Waals surface area contributed by atoms with Crippen LogP contribution in [0.4, 0.5) is 0 Å². The summed E-state index contributed by atoms with van der Waals surface area (Å²) in [6.07, 6.45) is 0.952. The van der Waals surface area contributed by atoms with E-state index in [1.165, 1.54) is 0 Å². The maximum Gasteiger partial charge on any atom is 0.170 e. The van der Waals surface area contributed by atoms with E-state index in [9.17, 15) is 0 Å². The maximum absolute atomic E-state index is 5.65. The van der Waals surface area contributed by atoms with Crippen molar-refractivity contribution in [1.29, 1.82) is 0 Å². The molecule has 0 spiro atoms. The van der Waals surface area contributed by atoms with Crippen molar-refractivity contribution in [2.24, 2.45) is 5.73 Å². The lowest BCUT2D eigenvalue weighted by atomic mass is 10.3. The van der Waals surface area contributed by atoms with Gasteiger partial charge in [-0.2, -0.15) is 4.68 Å². The standard InChI is InChI=1S/C11H15N5O/c1-2-7-17-10-6-4-3-5-9(10)16-11(8-12)13-14-15-16/h3-6H,2,7-8,12H2,1H3. The van der Waals surface area contributed by atoms with Crippen LogP contribution in [0.2, 0.25) is 0 Å². The number of nitrogens with zero attached hydrogens (tertiary/aromatic N) is 4. The molecule has 0 unspecified atom stereocenters. The molecule has 2 rings (SSSR count). The Morgan fingerprint density at radius 3 is 2.94 bits per heavy atom. The molecule has 0 saturated carbocycles. The number of aromatic nitrogens is 4. The van der Waals surface area contributed by atoms with Crippen LogP contribution in [0.5, 0.6) is 5.75 Å². The molecule has 6 nitrogen and oxygen atoms in total. The van der Waals surface area contributed by atoms with Crippen LogP contribution in [-0.4, -0.2) is 26.8 Å². The first kappa shape index (κ1) is 11.5. The Bertz CT molecular complexity index is 482. The first-order valence-corrected chi connectivity index (χ1v) is 5.56. The van der Waals surface area contributed by atoms with Crippen LogP contribution in [0, 0.1) is 0 Å². The Balaban J connectivity index is 2.37. The molecule has 1 heterocycles. The second-order valence-electron chi connectivity index (χ2n) is 3.53. The molecule has 0 bridgehead atoms. The zero-order chi connectivity index (χ0) is 12.1. The topological polar surface area (TPSA) is 78.8 Å². The summed E-state index contributed by atoms with van der Waals surface area (Å²) < 4.78 is 7.25. The number of tetrazole rings is 1. The van der Waals surface area contributed by atoms with Gasteiger partial charge in [-0.05, 0) is 29.0 Å². The van der Waals surface area contributed by atoms with Crippen LogP contribution >= 0.6 is 0 Å². The number of hydrogen-bond acceptors (Lipinski definition) is 5. The summed E-state index contributed by atoms with van der Waals surface area (Å²) in [7, 11) is 0. The van der Waals surface area contributed by atoms with Crippen LogP contribution in [0.25, 0.3) is 5.69 Å². The predicted molar refractivity (Wildman–Crippen MR) is 62.8 cm³/mol. The Labute approximate surface area is 99.4 Å². The second kappa shape index (κ2) is 5.40. The van der Waals surface area contributed by atoms with Gasteiger partial charge in [0, 0.05) is 0 Å². The van der Waals surface area contributed by atoms with Crippen LogP contribution in [-0.2, 0) is 6.54 Å². The maximum atomic E-state index is 5.65. The van der Waals surface area contributed by atoms with Crippen molar-refractivity contribution in [2.45, 2.75) is 19.9 Å². The van der Waals surface area contributed by atoms with E-state index < -0.39 is 0 Å². The Morgan fingerprint density at radius 2 is 2.18 bits per heavy atom. The average molecular weight is 233 g/mol. The van der Waals surface area contributed by atoms with Gasteiger partial charge in [0.2, 0.25) is 0 Å². The quantitative estimate of drug-likeness (QED) is 0.830. The van der Waals surface area contributed by atoms with Crippen molar-refractivity contribution < 1.29 is 4.74 Å². The number of ether oxygens (including phenoxy) is 1. The fourth-order valence-corrected chi connectivity index (χ4v) is 1.49. The van der Waals surface area contributed by atoms with Gasteiger partial charge in [-0.3, -0.25) is 0 Å². The smallest absolute Gasteiger partial charge is 0.170 e. The summed E-state index contributed by atoms with van der Waals surface area (Å²) in [5.74, 6) is 1.37. The van der Waals surface area contributed by atoms with Gasteiger partial charge >= 0.3 is 0 Å². The van der Waals surface area contributed by atoms with Crippen LogP contribution in [0.1, 0.15) is 19.2 Å². The van der Waals surface area contributed by atoms with Crippen LogP contribution in [0.15, 0.2) is 24.3 Å². The van der Waals surface area contributed by atoms with Crippen molar-refractivity contribution in [3.63, 3.8) is 0 Å². The zero-order valence-electron chi connectivity index (χ0n) is 9.71. The van der Waals surface area contributed by atoms with Crippen molar-refractivity contribution in [2.75, 3.05) is 6.61 Å². The van der Waals surface area contributed by atoms with Gasteiger partial charge in [-0.25, -0.2) is 0 Å². The zero-order valence-corrected chi connectivity index (χ0v) is 9.71. The highest BCUT2D eigenvalue weighted by Gasteiger charge is 2.11. The first-order valence-electron chi connectivity index (χ1n) is 5.56. The number of hydrogen-bond donors (Lipinski definition) is 1. The number of benzene rings is 1. The van der Waals surface area contributed by atoms with Crippen molar-refractivity contribution in [3.8, 4) is 11.4 Å². The van der Waals surface area contributed by atoms with Gasteiger partial charge in [0.25, 0.3) is 0 Å². The van der Waals surface area contributed by atoms with Gasteiger partial charge in [-0.15, -0.1) is 5.10 Å². The fourth-order valence-electron chi connectivity index (χ4n) is 1.49. The van der Waals surface area contributed by atoms with Gasteiger partial charge in [0.1, 0.15) is 11.4 Å². The van der Waals surface area contributed by atoms with E-state index in [1.807, 2.05) is 24.3 Å². The third-order valence-electron chi connectivity index (χ3n) is 2.27. The van der Waals surface area contributed by atoms with Gasteiger partial charge < -0.3 is 10.5 Å². The van der Waals surface area contributed by atoms with Crippen LogP contribution in [0.3, 0.4) is 0 Å². The normalized spacial score (nSPS) is 10.5. The van der Waals surface area contributed by atoms with Crippen molar-refractivity contribution >= 4 is 0 Å². The molecule has 0 fully saturated rings. The minimum atomic E-state index is 0.287. The summed E-state index contributed by atoms with van der Waals surface area (Å²) in [5, 5.41) is 11.4. The number of nitrogens with two attached hydrogens (primary N) is 1. The summed E-state index contributed by atoms with van der Waals surface area (Å²) in [6.45, 7) is 3.01. The van der Waals surface area contributed by atoms with E-state index in [-0.39, 0.29) is 6.54 Å². The molecular weight excluding hydrogens is 218 g/mol. The molecule has 6 heteroatoms. The highest BCUT2D eigenvalue weighted by atomic mass is 16.5. The van der Waals surface area contributed by atoms with E-state index >= 15 is 0 Å². The first-order chi connectivity index (χ1) is 8.36. The lowest BCUT2D eigenvalue weighted by Gasteiger charge is -2.10. The third kappa shape index (κ3) is 2.42. The molecule has 0 radical (unpaired) electrons. The number of para-hydroxylation sites is 2. The second-order valence-corrected chi connectivity index (χ2v) is 3.53. The minimum Gasteiger partial charge on any atom is -0.491 e. The molecular formula is C11H15N5O. The van der Waals surface area contributed by atoms with Crippen molar-refractivity contribution in [3.05, 3.63) is 30.1 Å². The molecule has 0 amide bonds. The SMILES string of the molecule is CCCOc1ccccc1-n1nnnc1CN. The largest absolute Gasteiger partial charge is 0.491 e. The summed E-state index contributed by atoms with van der Waals surface area (Å²) in [4.78, 5) is 0. The third-order valence-corrected chi connectivity index (χ3v) is 2.27.